The first kappa shape index (κ1) is 14.3. The molecule has 0 aromatic heterocycles. The van der Waals surface area contributed by atoms with E-state index in [0.29, 0.717) is 6.04 Å². The minimum Gasteiger partial charge on any atom is -0.466 e. The Kier molecular flexibility index (Phi) is 2.82. The number of carbonyl (C=O) groups excluding carboxylic acids is 1. The Bertz CT molecular complexity index is 810. The van der Waals surface area contributed by atoms with Gasteiger partial charge in [-0.1, -0.05) is 29.8 Å². The van der Waals surface area contributed by atoms with Gasteiger partial charge in [-0.25, -0.2) is 4.79 Å². The van der Waals surface area contributed by atoms with Crippen LogP contribution in [0.15, 0.2) is 47.2 Å². The number of piperidine rings is 1. The van der Waals surface area contributed by atoms with Crippen molar-refractivity contribution in [3.8, 4) is 0 Å². The number of allylic oxidation sites excluding steroid dienone is 1. The van der Waals surface area contributed by atoms with Gasteiger partial charge >= 0.3 is 5.97 Å². The van der Waals surface area contributed by atoms with E-state index >= 15 is 0 Å². The number of fused-ring (bicyclic) bond motifs is 2. The highest BCUT2D eigenvalue weighted by Crippen LogP contribution is 2.61. The van der Waals surface area contributed by atoms with Crippen LogP contribution >= 0.6 is 0 Å². The topological polar surface area (TPSA) is 41.6 Å². The Morgan fingerprint density at radius 2 is 2.25 bits per heavy atom. The Labute approximate surface area is 142 Å². The number of nitrogens with one attached hydrogen (secondary N) is 1. The third kappa shape index (κ3) is 1.50. The summed E-state index contributed by atoms with van der Waals surface area (Å²) in [5.74, 6) is 0.0135. The predicted molar refractivity (Wildman–Crippen MR) is 92.6 cm³/mol. The summed E-state index contributed by atoms with van der Waals surface area (Å²) in [6.07, 6.45) is 4.28. The van der Waals surface area contributed by atoms with Gasteiger partial charge in [-0.05, 0) is 31.4 Å². The molecule has 4 nitrogen and oxygen atoms in total. The van der Waals surface area contributed by atoms with Crippen LogP contribution in [0.3, 0.4) is 0 Å². The third-order valence-corrected chi connectivity index (χ3v) is 6.60. The van der Waals surface area contributed by atoms with Gasteiger partial charge in [-0.2, -0.15) is 0 Å². The molecule has 4 heteroatoms. The maximum absolute atomic E-state index is 12.7. The van der Waals surface area contributed by atoms with Crippen molar-refractivity contribution < 1.29 is 9.53 Å². The van der Waals surface area contributed by atoms with Gasteiger partial charge in [0.25, 0.3) is 0 Å². The summed E-state index contributed by atoms with van der Waals surface area (Å²) in [6.45, 7) is 4.15. The van der Waals surface area contributed by atoms with E-state index in [9.17, 15) is 4.79 Å². The number of esters is 1. The number of carbonyl (C=O) groups is 1. The minimum absolute atomic E-state index is 0.0596. The fourth-order valence-corrected chi connectivity index (χ4v) is 5.61. The van der Waals surface area contributed by atoms with Crippen LogP contribution in [-0.2, 0) is 14.9 Å². The molecule has 4 aliphatic rings. The molecule has 1 N–H and O–H groups in total. The Morgan fingerprint density at radius 3 is 3.04 bits per heavy atom. The first-order valence-corrected chi connectivity index (χ1v) is 8.79. The van der Waals surface area contributed by atoms with E-state index in [2.05, 4.69) is 47.5 Å². The number of para-hydroxylation sites is 1. The van der Waals surface area contributed by atoms with E-state index in [1.165, 1.54) is 18.2 Å². The molecule has 3 heterocycles. The fraction of sp³-hybridized carbons (Fsp3) is 0.450. The summed E-state index contributed by atoms with van der Waals surface area (Å²) in [4.78, 5) is 15.3. The van der Waals surface area contributed by atoms with Gasteiger partial charge < -0.3 is 10.1 Å². The number of benzene rings is 1. The predicted octanol–water partition coefficient (Wildman–Crippen LogP) is 2.83. The van der Waals surface area contributed by atoms with Crippen LogP contribution in [0.1, 0.15) is 25.3 Å². The van der Waals surface area contributed by atoms with Crippen LogP contribution in [0.5, 0.6) is 0 Å². The van der Waals surface area contributed by atoms with Crippen molar-refractivity contribution in [3.05, 3.63) is 52.7 Å². The van der Waals surface area contributed by atoms with E-state index < -0.39 is 0 Å². The highest BCUT2D eigenvalue weighted by atomic mass is 16.5. The Morgan fingerprint density at radius 1 is 1.42 bits per heavy atom. The fourth-order valence-electron chi connectivity index (χ4n) is 5.61. The number of hydrogen-bond acceptors (Lipinski definition) is 4. The van der Waals surface area contributed by atoms with E-state index in [0.717, 1.165) is 42.9 Å². The smallest absolute Gasteiger partial charge is 0.336 e. The second-order valence-corrected chi connectivity index (χ2v) is 7.31. The van der Waals surface area contributed by atoms with Crippen molar-refractivity contribution >= 4 is 11.7 Å². The first-order chi connectivity index (χ1) is 11.7. The SMILES string of the molecule is C/C=C1\CN2CC[C@]34C(=C(C(=O)OC)[C@H]1C[C@H]23)Nc1ccccc14. The zero-order valence-electron chi connectivity index (χ0n) is 14.1. The zero-order chi connectivity index (χ0) is 16.5. The van der Waals surface area contributed by atoms with E-state index in [4.69, 9.17) is 4.74 Å². The number of rotatable bonds is 1. The van der Waals surface area contributed by atoms with Crippen molar-refractivity contribution in [2.45, 2.75) is 31.2 Å². The van der Waals surface area contributed by atoms with Crippen molar-refractivity contribution in [1.29, 1.82) is 0 Å². The summed E-state index contributed by atoms with van der Waals surface area (Å²) in [7, 11) is 1.50. The molecule has 2 fully saturated rings. The lowest BCUT2D eigenvalue weighted by atomic mass is 9.62. The maximum atomic E-state index is 12.7. The molecule has 1 aromatic carbocycles. The molecule has 3 atom stereocenters. The second kappa shape index (κ2) is 4.73. The van der Waals surface area contributed by atoms with Crippen LogP contribution in [-0.4, -0.2) is 37.1 Å². The van der Waals surface area contributed by atoms with Gasteiger partial charge in [-0.3, -0.25) is 4.90 Å². The number of hydrogen-bond donors (Lipinski definition) is 1. The van der Waals surface area contributed by atoms with Gasteiger partial charge in [0.2, 0.25) is 0 Å². The highest BCUT2D eigenvalue weighted by molar-refractivity contribution is 5.94. The lowest BCUT2D eigenvalue weighted by Crippen LogP contribution is -2.53. The summed E-state index contributed by atoms with van der Waals surface area (Å²) < 4.78 is 5.21. The molecular formula is C20H22N2O2. The molecule has 1 aliphatic carbocycles. The lowest BCUT2D eigenvalue weighted by Gasteiger charge is -2.48. The molecule has 0 saturated carbocycles. The zero-order valence-corrected chi connectivity index (χ0v) is 14.1. The molecule has 0 unspecified atom stereocenters. The normalized spacial score (nSPS) is 34.8. The van der Waals surface area contributed by atoms with Crippen LogP contribution in [0, 0.1) is 5.92 Å². The molecule has 1 spiro atoms. The van der Waals surface area contributed by atoms with Crippen molar-refractivity contribution in [1.82, 2.24) is 4.90 Å². The molecule has 0 radical (unpaired) electrons. The van der Waals surface area contributed by atoms with Crippen LogP contribution < -0.4 is 5.32 Å². The molecule has 2 saturated heterocycles. The van der Waals surface area contributed by atoms with E-state index in [1.54, 1.807) is 0 Å². The second-order valence-electron chi connectivity index (χ2n) is 7.31. The molecule has 24 heavy (non-hydrogen) atoms. The molecule has 124 valence electrons. The lowest BCUT2D eigenvalue weighted by molar-refractivity contribution is -0.137. The molecular weight excluding hydrogens is 300 g/mol. The molecule has 5 rings (SSSR count). The number of ether oxygens (including phenoxy) is 1. The summed E-state index contributed by atoms with van der Waals surface area (Å²) in [5.41, 5.74) is 5.78. The van der Waals surface area contributed by atoms with Crippen molar-refractivity contribution in [3.63, 3.8) is 0 Å². The molecule has 2 bridgehead atoms. The monoisotopic (exact) mass is 322 g/mol. The minimum atomic E-state index is -0.173. The highest BCUT2D eigenvalue weighted by Gasteiger charge is 2.62. The maximum Gasteiger partial charge on any atom is 0.336 e. The first-order valence-electron chi connectivity index (χ1n) is 8.79. The summed E-state index contributed by atoms with van der Waals surface area (Å²) in [5, 5.41) is 3.62. The van der Waals surface area contributed by atoms with Crippen molar-refractivity contribution in [2.24, 2.45) is 5.92 Å². The van der Waals surface area contributed by atoms with Gasteiger partial charge in [-0.15, -0.1) is 0 Å². The van der Waals surface area contributed by atoms with E-state index in [1.807, 2.05) is 0 Å². The van der Waals surface area contributed by atoms with Gasteiger partial charge in [0.15, 0.2) is 0 Å². The molecule has 3 aliphatic heterocycles. The summed E-state index contributed by atoms with van der Waals surface area (Å²) in [6, 6.07) is 9.03. The molecule has 1 aromatic rings. The number of anilines is 1. The average Bonchev–Trinajstić information content (AvgIpc) is 3.17. The average molecular weight is 322 g/mol. The Hall–Kier alpha value is -2.07. The van der Waals surface area contributed by atoms with Crippen LogP contribution in [0.4, 0.5) is 5.69 Å². The quantitative estimate of drug-likeness (QED) is 0.638. The standard InChI is InChI=1S/C20H22N2O2/c1-3-12-11-22-9-8-20-14-6-4-5-7-15(14)21-18(20)17(19(23)24-2)13(12)10-16(20)22/h3-7,13,16,21H,8-11H2,1-2H3/b12-3+/t13-,16-,20+/m0/s1. The largest absolute Gasteiger partial charge is 0.466 e. The molecule has 0 amide bonds. The Balaban J connectivity index is 1.82. The van der Waals surface area contributed by atoms with Gasteiger partial charge in [0, 0.05) is 36.4 Å². The van der Waals surface area contributed by atoms with Crippen LogP contribution in [0.25, 0.3) is 0 Å². The summed E-state index contributed by atoms with van der Waals surface area (Å²) >= 11 is 0. The van der Waals surface area contributed by atoms with Gasteiger partial charge in [0.05, 0.1) is 18.1 Å². The number of nitrogens with zero attached hydrogens (tertiary/aromatic N) is 1. The number of methoxy groups -OCH3 is 1. The van der Waals surface area contributed by atoms with E-state index in [-0.39, 0.29) is 17.3 Å². The van der Waals surface area contributed by atoms with Crippen LogP contribution in [0.2, 0.25) is 0 Å². The van der Waals surface area contributed by atoms with Crippen molar-refractivity contribution in [2.75, 3.05) is 25.5 Å². The van der Waals surface area contributed by atoms with Gasteiger partial charge in [0.1, 0.15) is 0 Å². The third-order valence-electron chi connectivity index (χ3n) is 6.60.